The highest BCUT2D eigenvalue weighted by atomic mass is 32.1. The quantitative estimate of drug-likeness (QED) is 0.755. The van der Waals surface area contributed by atoms with Crippen LogP contribution in [0.4, 0.5) is 5.13 Å². The van der Waals surface area contributed by atoms with Crippen LogP contribution in [0.2, 0.25) is 0 Å². The molecule has 0 aliphatic carbocycles. The number of carbonyl (C=O) groups excluding carboxylic acids is 1. The molecule has 0 spiro atoms. The van der Waals surface area contributed by atoms with Gasteiger partial charge >= 0.3 is 0 Å². The first-order valence-corrected chi connectivity index (χ1v) is 8.25. The SMILES string of the molecule is Cc1cccnc1[C@H](C)NC(=O)CNc1nc2ccccc2s1. The van der Waals surface area contributed by atoms with Crippen molar-refractivity contribution >= 4 is 32.6 Å². The molecule has 0 radical (unpaired) electrons. The second kappa shape index (κ2) is 6.75. The maximum absolute atomic E-state index is 12.1. The molecule has 2 aromatic heterocycles. The van der Waals surface area contributed by atoms with Crippen LogP contribution in [0.1, 0.15) is 24.2 Å². The normalized spacial score (nSPS) is 12.1. The van der Waals surface area contributed by atoms with E-state index in [-0.39, 0.29) is 18.5 Å². The zero-order valence-electron chi connectivity index (χ0n) is 13.0. The Morgan fingerprint density at radius 2 is 2.09 bits per heavy atom. The molecule has 0 fully saturated rings. The van der Waals surface area contributed by atoms with Crippen molar-refractivity contribution in [2.45, 2.75) is 19.9 Å². The first-order valence-electron chi connectivity index (χ1n) is 7.44. The molecule has 5 nitrogen and oxygen atoms in total. The average molecular weight is 326 g/mol. The molecule has 118 valence electrons. The molecule has 2 N–H and O–H groups in total. The number of benzene rings is 1. The van der Waals surface area contributed by atoms with Gasteiger partial charge in [-0.25, -0.2) is 4.98 Å². The van der Waals surface area contributed by atoms with Gasteiger partial charge in [-0.2, -0.15) is 0 Å². The van der Waals surface area contributed by atoms with Crippen LogP contribution in [0.25, 0.3) is 10.2 Å². The van der Waals surface area contributed by atoms with Crippen LogP contribution in [0.5, 0.6) is 0 Å². The number of aromatic nitrogens is 2. The molecule has 0 saturated heterocycles. The van der Waals surface area contributed by atoms with E-state index in [0.717, 1.165) is 26.6 Å². The lowest BCUT2D eigenvalue weighted by Gasteiger charge is -2.15. The van der Waals surface area contributed by atoms with Gasteiger partial charge in [-0.05, 0) is 37.6 Å². The summed E-state index contributed by atoms with van der Waals surface area (Å²) in [6.07, 6.45) is 1.74. The van der Waals surface area contributed by atoms with Gasteiger partial charge in [0.15, 0.2) is 5.13 Å². The predicted molar refractivity (Wildman–Crippen MR) is 93.6 cm³/mol. The smallest absolute Gasteiger partial charge is 0.239 e. The van der Waals surface area contributed by atoms with E-state index in [1.807, 2.05) is 50.2 Å². The van der Waals surface area contributed by atoms with Crippen molar-refractivity contribution < 1.29 is 4.79 Å². The molecule has 3 aromatic rings. The number of aryl methyl sites for hydroxylation is 1. The van der Waals surface area contributed by atoms with Crippen LogP contribution in [-0.4, -0.2) is 22.4 Å². The van der Waals surface area contributed by atoms with Crippen molar-refractivity contribution in [2.24, 2.45) is 0 Å². The first-order chi connectivity index (χ1) is 11.1. The molecule has 1 atom stereocenters. The molecule has 0 aliphatic heterocycles. The van der Waals surface area contributed by atoms with E-state index in [1.54, 1.807) is 17.5 Å². The van der Waals surface area contributed by atoms with Gasteiger partial charge in [-0.1, -0.05) is 29.5 Å². The number of anilines is 1. The molecule has 1 aromatic carbocycles. The average Bonchev–Trinajstić information content (AvgIpc) is 2.96. The van der Waals surface area contributed by atoms with E-state index in [0.29, 0.717) is 0 Å². The zero-order chi connectivity index (χ0) is 16.2. The summed E-state index contributed by atoms with van der Waals surface area (Å²) in [5, 5.41) is 6.79. The van der Waals surface area contributed by atoms with Gasteiger partial charge in [0.2, 0.25) is 5.91 Å². The summed E-state index contributed by atoms with van der Waals surface area (Å²) < 4.78 is 1.10. The Morgan fingerprint density at radius 1 is 1.26 bits per heavy atom. The van der Waals surface area contributed by atoms with Gasteiger partial charge in [-0.3, -0.25) is 9.78 Å². The number of hydrogen-bond acceptors (Lipinski definition) is 5. The van der Waals surface area contributed by atoms with Crippen molar-refractivity contribution in [1.82, 2.24) is 15.3 Å². The van der Waals surface area contributed by atoms with Crippen LogP contribution < -0.4 is 10.6 Å². The summed E-state index contributed by atoms with van der Waals surface area (Å²) in [4.78, 5) is 20.9. The summed E-state index contributed by atoms with van der Waals surface area (Å²) >= 11 is 1.54. The molecule has 0 unspecified atom stereocenters. The monoisotopic (exact) mass is 326 g/mol. The summed E-state index contributed by atoms with van der Waals surface area (Å²) in [5.41, 5.74) is 2.90. The minimum absolute atomic E-state index is 0.0817. The van der Waals surface area contributed by atoms with E-state index in [4.69, 9.17) is 0 Å². The molecule has 3 rings (SSSR count). The first kappa shape index (κ1) is 15.4. The van der Waals surface area contributed by atoms with Gasteiger partial charge in [-0.15, -0.1) is 0 Å². The molecule has 23 heavy (non-hydrogen) atoms. The zero-order valence-corrected chi connectivity index (χ0v) is 13.9. The Bertz CT molecular complexity index is 797. The lowest BCUT2D eigenvalue weighted by molar-refractivity contribution is -0.120. The van der Waals surface area contributed by atoms with E-state index in [1.165, 1.54) is 0 Å². The van der Waals surface area contributed by atoms with Crippen LogP contribution in [0.3, 0.4) is 0 Å². The van der Waals surface area contributed by atoms with Crippen LogP contribution in [0, 0.1) is 6.92 Å². The lowest BCUT2D eigenvalue weighted by atomic mass is 10.1. The minimum atomic E-state index is -0.124. The molecule has 6 heteroatoms. The number of thiazole rings is 1. The number of pyridine rings is 1. The topological polar surface area (TPSA) is 66.9 Å². The van der Waals surface area contributed by atoms with Crippen molar-refractivity contribution in [3.05, 3.63) is 53.9 Å². The summed E-state index contributed by atoms with van der Waals surface area (Å²) in [7, 11) is 0. The Kier molecular flexibility index (Phi) is 4.52. The Morgan fingerprint density at radius 3 is 2.87 bits per heavy atom. The molecule has 1 amide bonds. The Labute approximate surface area is 138 Å². The highest BCUT2D eigenvalue weighted by Crippen LogP contribution is 2.25. The van der Waals surface area contributed by atoms with Crippen molar-refractivity contribution in [3.8, 4) is 0 Å². The minimum Gasteiger partial charge on any atom is -0.352 e. The Hall–Kier alpha value is -2.47. The fourth-order valence-corrected chi connectivity index (χ4v) is 3.28. The standard InChI is InChI=1S/C17H18N4OS/c1-11-6-5-9-18-16(11)12(2)20-15(22)10-19-17-21-13-7-3-4-8-14(13)23-17/h3-9,12H,10H2,1-2H3,(H,19,21)(H,20,22)/t12-/m0/s1. The third-order valence-electron chi connectivity index (χ3n) is 3.53. The third kappa shape index (κ3) is 3.65. The maximum Gasteiger partial charge on any atom is 0.239 e. The van der Waals surface area contributed by atoms with Gasteiger partial charge in [0.25, 0.3) is 0 Å². The van der Waals surface area contributed by atoms with Crippen LogP contribution in [0.15, 0.2) is 42.6 Å². The summed E-state index contributed by atoms with van der Waals surface area (Å²) in [6, 6.07) is 11.7. The Balaban J connectivity index is 1.58. The number of nitrogens with one attached hydrogen (secondary N) is 2. The van der Waals surface area contributed by atoms with Gasteiger partial charge in [0.05, 0.1) is 28.5 Å². The maximum atomic E-state index is 12.1. The van der Waals surface area contributed by atoms with E-state index in [2.05, 4.69) is 20.6 Å². The largest absolute Gasteiger partial charge is 0.352 e. The number of fused-ring (bicyclic) bond motifs is 1. The number of amides is 1. The van der Waals surface area contributed by atoms with Crippen molar-refractivity contribution in [3.63, 3.8) is 0 Å². The fourth-order valence-electron chi connectivity index (χ4n) is 2.42. The fraction of sp³-hybridized carbons (Fsp3) is 0.235. The van der Waals surface area contributed by atoms with Gasteiger partial charge < -0.3 is 10.6 Å². The number of para-hydroxylation sites is 1. The molecule has 0 saturated carbocycles. The summed E-state index contributed by atoms with van der Waals surface area (Å²) in [6.45, 7) is 4.12. The molecule has 0 bridgehead atoms. The van der Waals surface area contributed by atoms with Crippen LogP contribution in [-0.2, 0) is 4.79 Å². The second-order valence-corrected chi connectivity index (χ2v) is 6.37. The van der Waals surface area contributed by atoms with E-state index < -0.39 is 0 Å². The molecular formula is C17H18N4OS. The number of rotatable bonds is 5. The number of hydrogen-bond donors (Lipinski definition) is 2. The highest BCUT2D eigenvalue weighted by molar-refractivity contribution is 7.22. The van der Waals surface area contributed by atoms with Crippen LogP contribution >= 0.6 is 11.3 Å². The number of carbonyl (C=O) groups is 1. The molecular weight excluding hydrogens is 308 g/mol. The predicted octanol–water partition coefficient (Wildman–Crippen LogP) is 3.29. The second-order valence-electron chi connectivity index (χ2n) is 5.34. The molecule has 0 aliphatic rings. The molecule has 2 heterocycles. The van der Waals surface area contributed by atoms with Gasteiger partial charge in [0, 0.05) is 6.20 Å². The van der Waals surface area contributed by atoms with E-state index >= 15 is 0 Å². The van der Waals surface area contributed by atoms with E-state index in [9.17, 15) is 4.79 Å². The lowest BCUT2D eigenvalue weighted by Crippen LogP contribution is -2.32. The summed E-state index contributed by atoms with van der Waals surface area (Å²) in [5.74, 6) is -0.0817. The van der Waals surface area contributed by atoms with Gasteiger partial charge in [0.1, 0.15) is 0 Å². The van der Waals surface area contributed by atoms with Crippen molar-refractivity contribution in [2.75, 3.05) is 11.9 Å². The third-order valence-corrected chi connectivity index (χ3v) is 4.53. The number of nitrogens with zero attached hydrogens (tertiary/aromatic N) is 2. The highest BCUT2D eigenvalue weighted by Gasteiger charge is 2.13. The van der Waals surface area contributed by atoms with Crippen molar-refractivity contribution in [1.29, 1.82) is 0 Å².